The fourth-order valence-corrected chi connectivity index (χ4v) is 1.37. The maximum absolute atomic E-state index is 13.4. The predicted molar refractivity (Wildman–Crippen MR) is 50.4 cm³/mol. The van der Waals surface area contributed by atoms with Gasteiger partial charge in [-0.05, 0) is 6.07 Å². The van der Waals surface area contributed by atoms with Crippen LogP contribution in [-0.4, -0.2) is 4.98 Å². The van der Waals surface area contributed by atoms with Crippen molar-refractivity contribution in [3.63, 3.8) is 0 Å². The first-order valence-corrected chi connectivity index (χ1v) is 4.35. The zero-order valence-corrected chi connectivity index (χ0v) is 7.72. The van der Waals surface area contributed by atoms with E-state index >= 15 is 0 Å². The summed E-state index contributed by atoms with van der Waals surface area (Å²) in [5.41, 5.74) is 0.733. The van der Waals surface area contributed by atoms with Gasteiger partial charge >= 0.3 is 0 Å². The molecule has 0 N–H and O–H groups in total. The van der Waals surface area contributed by atoms with Gasteiger partial charge in [0.25, 0.3) is 0 Å². The first kappa shape index (κ1) is 9.41. The topological polar surface area (TPSA) is 49.8 Å². The molecule has 4 heteroatoms. The molecule has 1 atom stereocenters. The molecule has 0 aliphatic rings. The number of rotatable bonds is 2. The highest BCUT2D eigenvalue weighted by Crippen LogP contribution is 2.24. The van der Waals surface area contributed by atoms with Crippen molar-refractivity contribution >= 4 is 0 Å². The quantitative estimate of drug-likeness (QED) is 0.751. The van der Waals surface area contributed by atoms with Gasteiger partial charge in [-0.25, -0.2) is 9.37 Å². The molecule has 0 aliphatic carbocycles. The van der Waals surface area contributed by atoms with Crippen LogP contribution in [0.4, 0.5) is 4.39 Å². The number of oxazole rings is 1. The third-order valence-electron chi connectivity index (χ3n) is 2.09. The lowest BCUT2D eigenvalue weighted by molar-refractivity contribution is 0.555. The molecule has 15 heavy (non-hydrogen) atoms. The largest absolute Gasteiger partial charge is 0.451 e. The fourth-order valence-electron chi connectivity index (χ4n) is 1.37. The molecule has 0 aliphatic heterocycles. The van der Waals surface area contributed by atoms with Crippen molar-refractivity contribution in [1.29, 1.82) is 5.26 Å². The van der Waals surface area contributed by atoms with Gasteiger partial charge in [-0.3, -0.25) is 0 Å². The number of benzene rings is 1. The first-order valence-electron chi connectivity index (χ1n) is 4.35. The van der Waals surface area contributed by atoms with Crippen LogP contribution in [0.3, 0.4) is 0 Å². The van der Waals surface area contributed by atoms with Crippen molar-refractivity contribution in [2.45, 2.75) is 5.92 Å². The summed E-state index contributed by atoms with van der Waals surface area (Å²) in [7, 11) is 0. The van der Waals surface area contributed by atoms with Gasteiger partial charge in [0.05, 0.1) is 6.07 Å². The maximum Gasteiger partial charge on any atom is 0.180 e. The molecule has 0 saturated heterocycles. The van der Waals surface area contributed by atoms with Crippen LogP contribution >= 0.6 is 0 Å². The predicted octanol–water partition coefficient (Wildman–Crippen LogP) is 2.47. The molecule has 2 aromatic rings. The molecule has 1 heterocycles. The van der Waals surface area contributed by atoms with Crippen LogP contribution in [0.15, 0.2) is 41.3 Å². The molecule has 0 bridgehead atoms. The maximum atomic E-state index is 13.4. The normalized spacial score (nSPS) is 12.0. The molecule has 1 aromatic heterocycles. The van der Waals surface area contributed by atoms with Crippen LogP contribution in [0.25, 0.3) is 0 Å². The Hall–Kier alpha value is -2.15. The molecule has 1 unspecified atom stereocenters. The summed E-state index contributed by atoms with van der Waals surface area (Å²) in [5, 5.41) is 8.98. The van der Waals surface area contributed by atoms with E-state index in [2.05, 4.69) is 4.98 Å². The molecular formula is C11H7FN2O. The van der Waals surface area contributed by atoms with Crippen LogP contribution in [0.5, 0.6) is 0 Å². The van der Waals surface area contributed by atoms with Crippen molar-refractivity contribution in [3.05, 3.63) is 54.0 Å². The van der Waals surface area contributed by atoms with E-state index in [1.807, 2.05) is 6.07 Å². The lowest BCUT2D eigenvalue weighted by Crippen LogP contribution is -2.01. The average Bonchev–Trinajstić information content (AvgIpc) is 2.75. The van der Waals surface area contributed by atoms with Gasteiger partial charge in [0.2, 0.25) is 0 Å². The van der Waals surface area contributed by atoms with Crippen molar-refractivity contribution in [2.24, 2.45) is 0 Å². The van der Waals surface area contributed by atoms with Gasteiger partial charge in [0.15, 0.2) is 6.39 Å². The van der Waals surface area contributed by atoms with Crippen molar-refractivity contribution < 1.29 is 8.81 Å². The molecule has 74 valence electrons. The minimum atomic E-state index is -0.718. The summed E-state index contributed by atoms with van der Waals surface area (Å²) < 4.78 is 18.2. The monoisotopic (exact) mass is 202 g/mol. The van der Waals surface area contributed by atoms with Gasteiger partial charge in [0, 0.05) is 5.56 Å². The summed E-state index contributed by atoms with van der Waals surface area (Å²) in [6.45, 7) is 0. The highest BCUT2D eigenvalue weighted by molar-refractivity contribution is 5.34. The third kappa shape index (κ3) is 1.72. The van der Waals surface area contributed by atoms with Gasteiger partial charge in [-0.2, -0.15) is 5.26 Å². The molecule has 1 aromatic carbocycles. The molecule has 0 amide bonds. The fraction of sp³-hybridized carbons (Fsp3) is 0.0909. The van der Waals surface area contributed by atoms with E-state index in [4.69, 9.17) is 9.68 Å². The number of hydrogen-bond donors (Lipinski definition) is 0. The second kappa shape index (κ2) is 3.93. The van der Waals surface area contributed by atoms with E-state index < -0.39 is 11.7 Å². The Morgan fingerprint density at radius 3 is 2.80 bits per heavy atom. The lowest BCUT2D eigenvalue weighted by atomic mass is 9.97. The van der Waals surface area contributed by atoms with E-state index in [0.717, 1.165) is 0 Å². The van der Waals surface area contributed by atoms with E-state index in [1.165, 1.54) is 18.7 Å². The standard InChI is InChI=1S/C11H7FN2O/c12-10-4-2-1-3-8(10)9(5-13)11-6-15-7-14-11/h1-4,6-7,9H. The minimum absolute atomic E-state index is 0.314. The van der Waals surface area contributed by atoms with E-state index in [1.54, 1.807) is 18.2 Å². The second-order valence-electron chi connectivity index (χ2n) is 3.00. The van der Waals surface area contributed by atoms with E-state index in [0.29, 0.717) is 11.3 Å². The Labute approximate surface area is 85.8 Å². The zero-order valence-electron chi connectivity index (χ0n) is 7.72. The SMILES string of the molecule is N#CC(c1cocn1)c1ccccc1F. The molecule has 2 rings (SSSR count). The van der Waals surface area contributed by atoms with Crippen molar-refractivity contribution in [1.82, 2.24) is 4.98 Å². The second-order valence-corrected chi connectivity index (χ2v) is 3.00. The third-order valence-corrected chi connectivity index (χ3v) is 2.09. The smallest absolute Gasteiger partial charge is 0.180 e. The van der Waals surface area contributed by atoms with Crippen LogP contribution in [-0.2, 0) is 0 Å². The Bertz CT molecular complexity index is 488. The Morgan fingerprint density at radius 1 is 1.40 bits per heavy atom. The summed E-state index contributed by atoms with van der Waals surface area (Å²) in [6.07, 6.45) is 2.57. The number of aromatic nitrogens is 1. The number of halogens is 1. The van der Waals surface area contributed by atoms with E-state index in [9.17, 15) is 4.39 Å². The molecular weight excluding hydrogens is 195 g/mol. The van der Waals surface area contributed by atoms with Crippen molar-refractivity contribution in [2.75, 3.05) is 0 Å². The average molecular weight is 202 g/mol. The number of hydrogen-bond acceptors (Lipinski definition) is 3. The summed E-state index contributed by atoms with van der Waals surface area (Å²) in [5.74, 6) is -1.13. The molecule has 3 nitrogen and oxygen atoms in total. The van der Waals surface area contributed by atoms with E-state index in [-0.39, 0.29) is 0 Å². The number of nitriles is 1. The number of nitrogens with zero attached hydrogens (tertiary/aromatic N) is 2. The van der Waals surface area contributed by atoms with Crippen molar-refractivity contribution in [3.8, 4) is 6.07 Å². The van der Waals surface area contributed by atoms with Crippen LogP contribution in [0.1, 0.15) is 17.2 Å². The summed E-state index contributed by atoms with van der Waals surface area (Å²) in [4.78, 5) is 3.85. The van der Waals surface area contributed by atoms with Crippen LogP contribution in [0, 0.1) is 17.1 Å². The molecule has 0 radical (unpaired) electrons. The Morgan fingerprint density at radius 2 is 2.20 bits per heavy atom. The zero-order chi connectivity index (χ0) is 10.7. The highest BCUT2D eigenvalue weighted by Gasteiger charge is 2.19. The minimum Gasteiger partial charge on any atom is -0.451 e. The summed E-state index contributed by atoms with van der Waals surface area (Å²) in [6, 6.07) is 8.15. The Balaban J connectivity index is 2.46. The van der Waals surface area contributed by atoms with Gasteiger partial charge in [-0.1, -0.05) is 18.2 Å². The van der Waals surface area contributed by atoms with Gasteiger partial charge < -0.3 is 4.42 Å². The summed E-state index contributed by atoms with van der Waals surface area (Å²) >= 11 is 0. The van der Waals surface area contributed by atoms with Crippen LogP contribution in [0.2, 0.25) is 0 Å². The Kier molecular flexibility index (Phi) is 2.46. The highest BCUT2D eigenvalue weighted by atomic mass is 19.1. The lowest BCUT2D eigenvalue weighted by Gasteiger charge is -2.06. The van der Waals surface area contributed by atoms with Gasteiger partial charge in [0.1, 0.15) is 23.7 Å². The molecule has 0 saturated carbocycles. The molecule has 0 spiro atoms. The molecule has 0 fully saturated rings. The van der Waals surface area contributed by atoms with Gasteiger partial charge in [-0.15, -0.1) is 0 Å². The first-order chi connectivity index (χ1) is 7.33. The van der Waals surface area contributed by atoms with Crippen LogP contribution < -0.4 is 0 Å².